The summed E-state index contributed by atoms with van der Waals surface area (Å²) in [5.41, 5.74) is 0. The van der Waals surface area contributed by atoms with Crippen LogP contribution >= 0.6 is 0 Å². The molecule has 0 unspecified atom stereocenters. The molecule has 0 aromatic heterocycles. The molecule has 1 fully saturated rings. The number of amides is 2. The third-order valence-corrected chi connectivity index (χ3v) is 3.03. The molecule has 1 saturated carbocycles. The van der Waals surface area contributed by atoms with E-state index in [1.165, 1.54) is 4.90 Å². The number of rotatable bonds is 5. The zero-order chi connectivity index (χ0) is 13.4. The van der Waals surface area contributed by atoms with Crippen molar-refractivity contribution in [1.29, 1.82) is 0 Å². The molecule has 0 saturated heterocycles. The Morgan fingerprint density at radius 2 is 2.06 bits per heavy atom. The molecule has 2 amide bonds. The van der Waals surface area contributed by atoms with Gasteiger partial charge in [-0.1, -0.05) is 12.8 Å². The van der Waals surface area contributed by atoms with Gasteiger partial charge in [-0.05, 0) is 19.8 Å². The third-order valence-electron chi connectivity index (χ3n) is 3.03. The fraction of sp³-hybridized carbons (Fsp3) is 0.692. The molecule has 1 rings (SSSR count). The van der Waals surface area contributed by atoms with Crippen LogP contribution in [0.1, 0.15) is 39.0 Å². The highest BCUT2D eigenvalue weighted by Gasteiger charge is 2.27. The molecule has 0 radical (unpaired) electrons. The maximum Gasteiger partial charge on any atom is 0.323 e. The van der Waals surface area contributed by atoms with Gasteiger partial charge in [0.1, 0.15) is 6.54 Å². The molecule has 5 nitrogen and oxygen atoms in total. The van der Waals surface area contributed by atoms with Gasteiger partial charge in [0.2, 0.25) is 0 Å². The average Bonchev–Trinajstić information content (AvgIpc) is 2.84. The lowest BCUT2D eigenvalue weighted by atomic mass is 10.2. The molecular weight excluding hydrogens is 232 g/mol. The largest absolute Gasteiger partial charge is 0.480 e. The maximum atomic E-state index is 11.9. The van der Waals surface area contributed by atoms with Crippen molar-refractivity contribution in [2.45, 2.75) is 45.1 Å². The lowest BCUT2D eigenvalue weighted by Gasteiger charge is -2.27. The minimum atomic E-state index is -0.967. The molecule has 1 aliphatic rings. The predicted octanol–water partition coefficient (Wildman–Crippen LogP) is 1.44. The quantitative estimate of drug-likeness (QED) is 0.574. The van der Waals surface area contributed by atoms with Crippen molar-refractivity contribution >= 4 is 12.0 Å². The van der Waals surface area contributed by atoms with Crippen LogP contribution in [-0.2, 0) is 4.79 Å². The summed E-state index contributed by atoms with van der Waals surface area (Å²) in [6.07, 6.45) is 4.52. The molecule has 0 heterocycles. The number of carbonyl (C=O) groups is 2. The molecule has 100 valence electrons. The molecule has 18 heavy (non-hydrogen) atoms. The Labute approximate surface area is 108 Å². The van der Waals surface area contributed by atoms with Gasteiger partial charge in [0.15, 0.2) is 0 Å². The second-order valence-electron chi connectivity index (χ2n) is 4.37. The Balaban J connectivity index is 2.48. The Hall–Kier alpha value is -1.70. The summed E-state index contributed by atoms with van der Waals surface area (Å²) in [5, 5.41) is 11.6. The fourth-order valence-corrected chi connectivity index (χ4v) is 2.19. The molecule has 1 aliphatic carbocycles. The van der Waals surface area contributed by atoms with Crippen LogP contribution in [0.15, 0.2) is 0 Å². The summed E-state index contributed by atoms with van der Waals surface area (Å²) in [6, 6.07) is -0.222. The zero-order valence-electron chi connectivity index (χ0n) is 10.7. The van der Waals surface area contributed by atoms with E-state index < -0.39 is 5.97 Å². The number of hydrogen-bond donors (Lipinski definition) is 2. The minimum Gasteiger partial charge on any atom is -0.480 e. The first kappa shape index (κ1) is 14.4. The number of carboxylic acid groups (broad SMARTS) is 1. The first-order valence-corrected chi connectivity index (χ1v) is 6.31. The van der Waals surface area contributed by atoms with E-state index >= 15 is 0 Å². The summed E-state index contributed by atoms with van der Waals surface area (Å²) in [6.45, 7) is 1.98. The van der Waals surface area contributed by atoms with Crippen molar-refractivity contribution in [3.8, 4) is 11.8 Å². The van der Waals surface area contributed by atoms with Crippen LogP contribution in [0.4, 0.5) is 4.79 Å². The van der Waals surface area contributed by atoms with E-state index in [1.54, 1.807) is 6.92 Å². The molecule has 2 N–H and O–H groups in total. The highest BCUT2D eigenvalue weighted by molar-refractivity contribution is 5.80. The summed E-state index contributed by atoms with van der Waals surface area (Å²) in [4.78, 5) is 24.2. The Kier molecular flexibility index (Phi) is 6.06. The van der Waals surface area contributed by atoms with E-state index in [9.17, 15) is 9.59 Å². The number of hydrogen-bond acceptors (Lipinski definition) is 2. The molecule has 0 aromatic carbocycles. The van der Waals surface area contributed by atoms with Gasteiger partial charge in [-0.25, -0.2) is 4.79 Å². The molecule has 0 aliphatic heterocycles. The van der Waals surface area contributed by atoms with Gasteiger partial charge < -0.3 is 15.3 Å². The standard InChI is InChI=1S/C13H20N2O3/c1-2-3-6-9-14-13(18)15(10-12(16)17)11-7-4-5-8-11/h11H,4-10H2,1H3,(H,14,18)(H,16,17). The van der Waals surface area contributed by atoms with Crippen LogP contribution in [0.2, 0.25) is 0 Å². The van der Waals surface area contributed by atoms with Crippen LogP contribution in [0, 0.1) is 11.8 Å². The van der Waals surface area contributed by atoms with E-state index in [0.29, 0.717) is 13.0 Å². The van der Waals surface area contributed by atoms with Gasteiger partial charge >= 0.3 is 12.0 Å². The van der Waals surface area contributed by atoms with Crippen LogP contribution in [-0.4, -0.2) is 41.1 Å². The van der Waals surface area contributed by atoms with Crippen molar-refractivity contribution in [1.82, 2.24) is 10.2 Å². The highest BCUT2D eigenvalue weighted by atomic mass is 16.4. The zero-order valence-corrected chi connectivity index (χ0v) is 10.7. The number of carboxylic acids is 1. The summed E-state index contributed by atoms with van der Waals surface area (Å²) >= 11 is 0. The molecule has 5 heteroatoms. The van der Waals surface area contributed by atoms with Crippen molar-refractivity contribution in [2.24, 2.45) is 0 Å². The molecular formula is C13H20N2O3. The van der Waals surface area contributed by atoms with Gasteiger partial charge in [0.05, 0.1) is 0 Å². The van der Waals surface area contributed by atoms with E-state index in [0.717, 1.165) is 25.7 Å². The minimum absolute atomic E-state index is 0.0679. The number of nitrogens with zero attached hydrogens (tertiary/aromatic N) is 1. The van der Waals surface area contributed by atoms with Gasteiger partial charge in [-0.15, -0.1) is 11.8 Å². The van der Waals surface area contributed by atoms with Gasteiger partial charge in [-0.3, -0.25) is 4.79 Å². The molecule has 0 bridgehead atoms. The smallest absolute Gasteiger partial charge is 0.323 e. The number of urea groups is 1. The van der Waals surface area contributed by atoms with Crippen molar-refractivity contribution in [3.05, 3.63) is 0 Å². The van der Waals surface area contributed by atoms with Crippen LogP contribution in [0.5, 0.6) is 0 Å². The monoisotopic (exact) mass is 252 g/mol. The molecule has 0 aromatic rings. The number of carbonyl (C=O) groups excluding carboxylic acids is 1. The maximum absolute atomic E-state index is 11.9. The van der Waals surface area contributed by atoms with E-state index in [4.69, 9.17) is 5.11 Å². The van der Waals surface area contributed by atoms with Crippen LogP contribution < -0.4 is 5.32 Å². The summed E-state index contributed by atoms with van der Waals surface area (Å²) < 4.78 is 0. The Bertz CT molecular complexity index is 351. The average molecular weight is 252 g/mol. The predicted molar refractivity (Wildman–Crippen MR) is 68.1 cm³/mol. The normalized spacial score (nSPS) is 14.7. The third kappa shape index (κ3) is 4.66. The summed E-state index contributed by atoms with van der Waals surface area (Å²) in [7, 11) is 0. The summed E-state index contributed by atoms with van der Waals surface area (Å²) in [5.74, 6) is 4.64. The Morgan fingerprint density at radius 3 is 2.61 bits per heavy atom. The second kappa shape index (κ2) is 7.59. The van der Waals surface area contributed by atoms with Gasteiger partial charge in [0, 0.05) is 19.0 Å². The van der Waals surface area contributed by atoms with Gasteiger partial charge in [-0.2, -0.15) is 0 Å². The van der Waals surface area contributed by atoms with Gasteiger partial charge in [0.25, 0.3) is 0 Å². The Morgan fingerprint density at radius 1 is 1.39 bits per heavy atom. The van der Waals surface area contributed by atoms with Crippen molar-refractivity contribution in [2.75, 3.05) is 13.1 Å². The second-order valence-corrected chi connectivity index (χ2v) is 4.37. The lowest BCUT2D eigenvalue weighted by Crippen LogP contribution is -2.47. The molecule has 0 spiro atoms. The SMILES string of the molecule is CC#CCCNC(=O)N(CC(=O)O)C1CCCC1. The fourth-order valence-electron chi connectivity index (χ4n) is 2.19. The number of nitrogens with one attached hydrogen (secondary N) is 1. The first-order valence-electron chi connectivity index (χ1n) is 6.31. The molecule has 0 atom stereocenters. The highest BCUT2D eigenvalue weighted by Crippen LogP contribution is 2.23. The van der Waals surface area contributed by atoms with Crippen molar-refractivity contribution in [3.63, 3.8) is 0 Å². The van der Waals surface area contributed by atoms with Crippen molar-refractivity contribution < 1.29 is 14.7 Å². The van der Waals surface area contributed by atoms with Crippen LogP contribution in [0.25, 0.3) is 0 Å². The number of aliphatic carboxylic acids is 1. The first-order chi connectivity index (χ1) is 8.65. The van der Waals surface area contributed by atoms with E-state index in [1.807, 2.05) is 0 Å². The van der Waals surface area contributed by atoms with E-state index in [2.05, 4.69) is 17.2 Å². The topological polar surface area (TPSA) is 69.6 Å². The van der Waals surface area contributed by atoms with Crippen LogP contribution in [0.3, 0.4) is 0 Å². The van der Waals surface area contributed by atoms with E-state index in [-0.39, 0.29) is 18.6 Å². The lowest BCUT2D eigenvalue weighted by molar-refractivity contribution is -0.138.